The summed E-state index contributed by atoms with van der Waals surface area (Å²) in [7, 11) is 0. The molecule has 0 saturated heterocycles. The van der Waals surface area contributed by atoms with E-state index < -0.39 is 0 Å². The summed E-state index contributed by atoms with van der Waals surface area (Å²) in [6.45, 7) is 18.0. The Hall–Kier alpha value is -0.780. The molecule has 0 aromatic carbocycles. The molecule has 1 fully saturated rings. The van der Waals surface area contributed by atoms with Crippen molar-refractivity contribution in [2.24, 2.45) is 65.1 Å². The predicted molar refractivity (Wildman–Crippen MR) is 159 cm³/mol. The fourth-order valence-electron chi connectivity index (χ4n) is 11.7. The first-order chi connectivity index (χ1) is 17.9. The average molecular weight is 503 g/mol. The molecule has 6 aliphatic rings. The predicted octanol–water partition coefficient (Wildman–Crippen LogP) is 10.9. The number of unbranched alkanes of at least 4 members (excludes halogenated alkanes) is 1. The Bertz CT molecular complexity index is 966. The highest BCUT2D eigenvalue weighted by Gasteiger charge is 2.56. The minimum Gasteiger partial charge on any atom is -0.0654 e. The monoisotopic (exact) mass is 502 g/mol. The number of rotatable bonds is 6. The maximum atomic E-state index is 2.68. The van der Waals surface area contributed by atoms with E-state index in [2.05, 4.69) is 65.2 Å². The molecule has 206 valence electrons. The van der Waals surface area contributed by atoms with Crippen LogP contribution in [0.2, 0.25) is 0 Å². The van der Waals surface area contributed by atoms with E-state index in [0.717, 1.165) is 65.1 Å². The van der Waals surface area contributed by atoms with Crippen LogP contribution in [0.15, 0.2) is 33.4 Å². The van der Waals surface area contributed by atoms with Gasteiger partial charge in [-0.3, -0.25) is 0 Å². The van der Waals surface area contributed by atoms with Gasteiger partial charge in [0.25, 0.3) is 0 Å². The largest absolute Gasteiger partial charge is 0.0654 e. The second-order valence-electron chi connectivity index (χ2n) is 15.0. The Morgan fingerprint density at radius 3 is 1.68 bits per heavy atom. The van der Waals surface area contributed by atoms with Crippen molar-refractivity contribution in [3.63, 3.8) is 0 Å². The van der Waals surface area contributed by atoms with Gasteiger partial charge < -0.3 is 0 Å². The van der Waals surface area contributed by atoms with Crippen molar-refractivity contribution in [3.05, 3.63) is 33.4 Å². The van der Waals surface area contributed by atoms with E-state index in [4.69, 9.17) is 0 Å². The zero-order valence-corrected chi connectivity index (χ0v) is 25.5. The molecule has 0 bridgehead atoms. The Kier molecular flexibility index (Phi) is 7.37. The van der Waals surface area contributed by atoms with Gasteiger partial charge in [-0.1, -0.05) is 108 Å². The van der Waals surface area contributed by atoms with Gasteiger partial charge in [0.2, 0.25) is 0 Å². The molecule has 0 N–H and O–H groups in total. The van der Waals surface area contributed by atoms with Crippen molar-refractivity contribution in [1.82, 2.24) is 0 Å². The number of fused-ring (bicyclic) bond motifs is 3. The lowest BCUT2D eigenvalue weighted by Gasteiger charge is -2.60. The standard InChI is InChI=1S/C37H58/c1-8-10-12-26(11-9-2)27-17-13-23(5)32-25(7)33-24(6)15-19-29-28-18-14-21(3)31-22(4)16-20-30(34(28)31)37(35(27)32)36(29)33/h21-30,37H,8-20H2,1-7H3. The van der Waals surface area contributed by atoms with Gasteiger partial charge in [-0.15, -0.1) is 0 Å². The second kappa shape index (κ2) is 10.3. The molecule has 0 nitrogen and oxygen atoms in total. The fraction of sp³-hybridized carbons (Fsp3) is 0.838. The van der Waals surface area contributed by atoms with Gasteiger partial charge in [0, 0.05) is 5.92 Å². The molecule has 37 heavy (non-hydrogen) atoms. The van der Waals surface area contributed by atoms with Crippen LogP contribution in [0.25, 0.3) is 0 Å². The maximum Gasteiger partial charge on any atom is 0.00845 e. The first-order valence-electron chi connectivity index (χ1n) is 17.1. The normalized spacial score (nSPS) is 43.9. The van der Waals surface area contributed by atoms with E-state index in [1.165, 1.54) is 83.5 Å². The molecule has 0 aliphatic heterocycles. The quantitative estimate of drug-likeness (QED) is 0.317. The van der Waals surface area contributed by atoms with Crippen LogP contribution in [-0.2, 0) is 0 Å². The molecular formula is C37H58. The van der Waals surface area contributed by atoms with E-state index >= 15 is 0 Å². The van der Waals surface area contributed by atoms with E-state index in [9.17, 15) is 0 Å². The van der Waals surface area contributed by atoms with E-state index in [-0.39, 0.29) is 0 Å². The highest BCUT2D eigenvalue weighted by molar-refractivity contribution is 5.52. The van der Waals surface area contributed by atoms with Crippen molar-refractivity contribution in [3.8, 4) is 0 Å². The molecule has 0 heteroatoms. The minimum atomic E-state index is 0.723. The molecule has 0 aromatic rings. The van der Waals surface area contributed by atoms with Crippen LogP contribution in [0.3, 0.4) is 0 Å². The lowest BCUT2D eigenvalue weighted by Crippen LogP contribution is -2.50. The Morgan fingerprint density at radius 1 is 0.514 bits per heavy atom. The molecule has 11 unspecified atom stereocenters. The highest BCUT2D eigenvalue weighted by Crippen LogP contribution is 2.67. The summed E-state index contributed by atoms with van der Waals surface area (Å²) < 4.78 is 0. The Balaban J connectivity index is 1.56. The lowest BCUT2D eigenvalue weighted by molar-refractivity contribution is 0.145. The second-order valence-corrected chi connectivity index (χ2v) is 15.0. The van der Waals surface area contributed by atoms with E-state index in [0.29, 0.717) is 0 Å². The summed E-state index contributed by atoms with van der Waals surface area (Å²) in [5, 5.41) is 0. The smallest absolute Gasteiger partial charge is 0.00845 e. The molecule has 0 radical (unpaired) electrons. The highest BCUT2D eigenvalue weighted by atomic mass is 14.6. The van der Waals surface area contributed by atoms with Crippen molar-refractivity contribution in [1.29, 1.82) is 0 Å². The summed E-state index contributed by atoms with van der Waals surface area (Å²) in [6.07, 6.45) is 18.8. The third-order valence-electron chi connectivity index (χ3n) is 13.0. The van der Waals surface area contributed by atoms with Crippen molar-refractivity contribution in [2.75, 3.05) is 0 Å². The van der Waals surface area contributed by atoms with Gasteiger partial charge in [0.1, 0.15) is 0 Å². The molecule has 1 saturated carbocycles. The van der Waals surface area contributed by atoms with Gasteiger partial charge in [-0.05, 0) is 117 Å². The molecular weight excluding hydrogens is 444 g/mol. The average Bonchev–Trinajstić information content (AvgIpc) is 2.88. The number of hydrogen-bond acceptors (Lipinski definition) is 0. The summed E-state index contributed by atoms with van der Waals surface area (Å²) in [5.41, 5.74) is 12.1. The van der Waals surface area contributed by atoms with Crippen molar-refractivity contribution < 1.29 is 0 Å². The Morgan fingerprint density at radius 2 is 1.05 bits per heavy atom. The zero-order chi connectivity index (χ0) is 26.0. The first-order valence-corrected chi connectivity index (χ1v) is 17.1. The SMILES string of the molecule is CCCCC(CCC)C1CCC(C)C2=C1C1C3=C(C(C)CCC3C3CCC(C)C4=C3C1CCC4C)C2C. The molecule has 11 atom stereocenters. The maximum absolute atomic E-state index is 2.68. The summed E-state index contributed by atoms with van der Waals surface area (Å²) >= 11 is 0. The molecule has 0 aromatic heterocycles. The summed E-state index contributed by atoms with van der Waals surface area (Å²) in [5.74, 6) is 9.23. The van der Waals surface area contributed by atoms with Crippen LogP contribution in [0.4, 0.5) is 0 Å². The zero-order valence-electron chi connectivity index (χ0n) is 25.5. The van der Waals surface area contributed by atoms with Crippen LogP contribution in [0, 0.1) is 65.1 Å². The molecule has 6 aliphatic carbocycles. The number of hydrogen-bond donors (Lipinski definition) is 0. The molecule has 6 rings (SSSR count). The third-order valence-corrected chi connectivity index (χ3v) is 13.0. The van der Waals surface area contributed by atoms with Crippen LogP contribution < -0.4 is 0 Å². The molecule has 0 spiro atoms. The summed E-state index contributed by atoms with van der Waals surface area (Å²) in [4.78, 5) is 0. The minimum absolute atomic E-state index is 0.723. The van der Waals surface area contributed by atoms with Crippen molar-refractivity contribution in [2.45, 2.75) is 132 Å². The van der Waals surface area contributed by atoms with Gasteiger partial charge in [-0.2, -0.15) is 0 Å². The first kappa shape index (κ1) is 26.4. The lowest BCUT2D eigenvalue weighted by atomic mass is 9.44. The van der Waals surface area contributed by atoms with Crippen LogP contribution in [0.5, 0.6) is 0 Å². The van der Waals surface area contributed by atoms with E-state index in [1.54, 1.807) is 0 Å². The Labute approximate surface area is 230 Å². The molecule has 0 heterocycles. The van der Waals surface area contributed by atoms with Crippen LogP contribution in [-0.4, -0.2) is 0 Å². The van der Waals surface area contributed by atoms with Crippen LogP contribution in [0.1, 0.15) is 132 Å². The van der Waals surface area contributed by atoms with Gasteiger partial charge in [0.05, 0.1) is 0 Å². The van der Waals surface area contributed by atoms with Crippen molar-refractivity contribution >= 4 is 0 Å². The number of allylic oxidation sites excluding steroid dienone is 6. The van der Waals surface area contributed by atoms with Crippen LogP contribution >= 0.6 is 0 Å². The topological polar surface area (TPSA) is 0 Å². The third kappa shape index (κ3) is 4.03. The molecule has 0 amide bonds. The van der Waals surface area contributed by atoms with Gasteiger partial charge >= 0.3 is 0 Å². The fourth-order valence-corrected chi connectivity index (χ4v) is 11.7. The van der Waals surface area contributed by atoms with E-state index in [1.807, 2.05) is 16.7 Å². The van der Waals surface area contributed by atoms with Gasteiger partial charge in [-0.25, -0.2) is 0 Å². The summed E-state index contributed by atoms with van der Waals surface area (Å²) in [6, 6.07) is 0. The van der Waals surface area contributed by atoms with Gasteiger partial charge in [0.15, 0.2) is 0 Å².